The molecule has 78 valence electrons. The Labute approximate surface area is 74.7 Å². The molecule has 0 saturated heterocycles. The summed E-state index contributed by atoms with van der Waals surface area (Å²) in [6.07, 6.45) is -6.55. The van der Waals surface area contributed by atoms with Gasteiger partial charge in [0, 0.05) is 12.8 Å². The second kappa shape index (κ2) is 5.21. The van der Waals surface area contributed by atoms with Crippen molar-refractivity contribution in [2.24, 2.45) is 0 Å². The molecule has 0 bridgehead atoms. The number of aliphatic hydroxyl groups is 1. The van der Waals surface area contributed by atoms with Gasteiger partial charge in [-0.2, -0.15) is 13.2 Å². The van der Waals surface area contributed by atoms with Gasteiger partial charge in [0.15, 0.2) is 6.10 Å². The zero-order chi connectivity index (χ0) is 10.5. The van der Waals surface area contributed by atoms with Crippen LogP contribution < -0.4 is 0 Å². The van der Waals surface area contributed by atoms with Crippen LogP contribution in [0, 0.1) is 0 Å². The number of hydrogen-bond donors (Lipinski definition) is 1. The first-order valence-electron chi connectivity index (χ1n) is 4.14. The highest BCUT2D eigenvalue weighted by atomic mass is 19.4. The largest absolute Gasteiger partial charge is 0.414 e. The molecular formula is C8H13F3O2. The molecule has 0 fully saturated rings. The van der Waals surface area contributed by atoms with Gasteiger partial charge in [-0.25, -0.2) is 0 Å². The van der Waals surface area contributed by atoms with Crippen molar-refractivity contribution in [3.8, 4) is 0 Å². The summed E-state index contributed by atoms with van der Waals surface area (Å²) in [6.45, 7) is 1.84. The predicted octanol–water partition coefficient (Wildman–Crippen LogP) is 2.06. The molecule has 1 unspecified atom stereocenters. The number of alkyl halides is 3. The molecule has 0 rings (SSSR count). The molecule has 2 nitrogen and oxygen atoms in total. The van der Waals surface area contributed by atoms with Gasteiger partial charge in [0.1, 0.15) is 5.78 Å². The van der Waals surface area contributed by atoms with E-state index in [4.69, 9.17) is 5.11 Å². The molecular weight excluding hydrogens is 185 g/mol. The molecule has 0 aromatic carbocycles. The minimum atomic E-state index is -4.68. The molecule has 0 aromatic rings. The van der Waals surface area contributed by atoms with Crippen LogP contribution in [0.25, 0.3) is 0 Å². The maximum Gasteiger partial charge on any atom is 0.414 e. The van der Waals surface area contributed by atoms with Gasteiger partial charge in [-0.1, -0.05) is 13.3 Å². The third-order valence-corrected chi connectivity index (χ3v) is 1.61. The molecule has 0 aromatic heterocycles. The highest BCUT2D eigenvalue weighted by Crippen LogP contribution is 2.22. The number of halogens is 3. The Morgan fingerprint density at radius 3 is 2.38 bits per heavy atom. The van der Waals surface area contributed by atoms with Crippen LogP contribution in [0.1, 0.15) is 32.6 Å². The Bertz CT molecular complexity index is 165. The Hall–Kier alpha value is -0.580. The minimum Gasteiger partial charge on any atom is -0.383 e. The normalized spacial score (nSPS) is 14.2. The fourth-order valence-corrected chi connectivity index (χ4v) is 0.807. The summed E-state index contributed by atoms with van der Waals surface area (Å²) in [6, 6.07) is 0. The van der Waals surface area contributed by atoms with E-state index in [0.717, 1.165) is 6.42 Å². The molecule has 0 aliphatic carbocycles. The second-order valence-corrected chi connectivity index (χ2v) is 2.90. The minimum absolute atomic E-state index is 0.115. The summed E-state index contributed by atoms with van der Waals surface area (Å²) in [5, 5.41) is 8.51. The van der Waals surface area contributed by atoms with Crippen LogP contribution in [-0.2, 0) is 4.79 Å². The molecule has 0 aliphatic rings. The number of rotatable bonds is 5. The van der Waals surface area contributed by atoms with E-state index < -0.39 is 24.5 Å². The zero-order valence-corrected chi connectivity index (χ0v) is 7.40. The number of Topliss-reactive ketones (excluding diaryl/α,β-unsaturated/α-hetero) is 1. The van der Waals surface area contributed by atoms with Gasteiger partial charge in [-0.3, -0.25) is 4.79 Å². The first kappa shape index (κ1) is 12.4. The third kappa shape index (κ3) is 5.63. The summed E-state index contributed by atoms with van der Waals surface area (Å²) >= 11 is 0. The first-order chi connectivity index (χ1) is 5.88. The van der Waals surface area contributed by atoms with Gasteiger partial charge < -0.3 is 5.11 Å². The predicted molar refractivity (Wildman–Crippen MR) is 41.2 cm³/mol. The fourth-order valence-electron chi connectivity index (χ4n) is 0.807. The van der Waals surface area contributed by atoms with Gasteiger partial charge in [0.25, 0.3) is 0 Å². The maximum atomic E-state index is 11.7. The van der Waals surface area contributed by atoms with Crippen molar-refractivity contribution >= 4 is 5.78 Å². The Balaban J connectivity index is 3.79. The summed E-state index contributed by atoms with van der Waals surface area (Å²) in [5.74, 6) is -0.535. The lowest BCUT2D eigenvalue weighted by Gasteiger charge is -2.12. The van der Waals surface area contributed by atoms with E-state index in [9.17, 15) is 18.0 Å². The van der Waals surface area contributed by atoms with E-state index in [1.807, 2.05) is 6.92 Å². The van der Waals surface area contributed by atoms with Crippen molar-refractivity contribution in [1.29, 1.82) is 0 Å². The van der Waals surface area contributed by atoms with Crippen molar-refractivity contribution < 1.29 is 23.1 Å². The van der Waals surface area contributed by atoms with Crippen molar-refractivity contribution in [3.63, 3.8) is 0 Å². The van der Waals surface area contributed by atoms with E-state index in [1.165, 1.54) is 0 Å². The number of ketones is 1. The van der Waals surface area contributed by atoms with E-state index in [-0.39, 0.29) is 6.42 Å². The van der Waals surface area contributed by atoms with Gasteiger partial charge >= 0.3 is 6.18 Å². The summed E-state index contributed by atoms with van der Waals surface area (Å²) in [4.78, 5) is 10.8. The van der Waals surface area contributed by atoms with E-state index >= 15 is 0 Å². The van der Waals surface area contributed by atoms with Gasteiger partial charge in [0.05, 0.1) is 0 Å². The van der Waals surface area contributed by atoms with Crippen LogP contribution in [0.5, 0.6) is 0 Å². The van der Waals surface area contributed by atoms with Gasteiger partial charge in [0.2, 0.25) is 0 Å². The molecule has 1 N–H and O–H groups in total. The van der Waals surface area contributed by atoms with Crippen LogP contribution in [0.15, 0.2) is 0 Å². The standard InChI is InChI=1S/C8H13F3O2/c1-2-3-4-6(12)5-7(13)8(9,10)11/h7,13H,2-5H2,1H3. The van der Waals surface area contributed by atoms with Crippen LogP contribution in [0.3, 0.4) is 0 Å². The molecule has 0 spiro atoms. The van der Waals surface area contributed by atoms with Crippen LogP contribution in [0.4, 0.5) is 13.2 Å². The Kier molecular flexibility index (Phi) is 4.98. The second-order valence-electron chi connectivity index (χ2n) is 2.90. The Morgan fingerprint density at radius 2 is 2.00 bits per heavy atom. The first-order valence-corrected chi connectivity index (χ1v) is 4.14. The van der Waals surface area contributed by atoms with Crippen molar-refractivity contribution in [1.82, 2.24) is 0 Å². The lowest BCUT2D eigenvalue weighted by Crippen LogP contribution is -2.30. The summed E-state index contributed by atoms with van der Waals surface area (Å²) in [5.41, 5.74) is 0. The van der Waals surface area contributed by atoms with Crippen LogP contribution in [-0.4, -0.2) is 23.2 Å². The molecule has 0 aliphatic heterocycles. The number of carbonyl (C=O) groups is 1. The lowest BCUT2D eigenvalue weighted by molar-refractivity contribution is -0.205. The molecule has 0 saturated carbocycles. The zero-order valence-electron chi connectivity index (χ0n) is 7.40. The van der Waals surface area contributed by atoms with Crippen LogP contribution >= 0.6 is 0 Å². The smallest absolute Gasteiger partial charge is 0.383 e. The van der Waals surface area contributed by atoms with Crippen molar-refractivity contribution in [2.75, 3.05) is 0 Å². The van der Waals surface area contributed by atoms with Gasteiger partial charge in [-0.05, 0) is 6.42 Å². The average molecular weight is 198 g/mol. The quantitative estimate of drug-likeness (QED) is 0.734. The van der Waals surface area contributed by atoms with Crippen LogP contribution in [0.2, 0.25) is 0 Å². The number of unbranched alkanes of at least 4 members (excludes halogenated alkanes) is 1. The number of hydrogen-bond acceptors (Lipinski definition) is 2. The van der Waals surface area contributed by atoms with Crippen molar-refractivity contribution in [3.05, 3.63) is 0 Å². The highest BCUT2D eigenvalue weighted by Gasteiger charge is 2.38. The monoisotopic (exact) mass is 198 g/mol. The Morgan fingerprint density at radius 1 is 1.46 bits per heavy atom. The number of aliphatic hydroxyl groups excluding tert-OH is 1. The van der Waals surface area contributed by atoms with Gasteiger partial charge in [-0.15, -0.1) is 0 Å². The van der Waals surface area contributed by atoms with Crippen molar-refractivity contribution in [2.45, 2.75) is 44.9 Å². The average Bonchev–Trinajstić information content (AvgIpc) is 1.99. The molecule has 13 heavy (non-hydrogen) atoms. The highest BCUT2D eigenvalue weighted by molar-refractivity contribution is 5.78. The van der Waals surface area contributed by atoms with E-state index in [1.54, 1.807) is 0 Å². The summed E-state index contributed by atoms with van der Waals surface area (Å²) < 4.78 is 35.2. The van der Waals surface area contributed by atoms with E-state index in [0.29, 0.717) is 6.42 Å². The third-order valence-electron chi connectivity index (χ3n) is 1.61. The lowest BCUT2D eigenvalue weighted by atomic mass is 10.1. The molecule has 1 atom stereocenters. The summed E-state index contributed by atoms with van der Waals surface area (Å²) in [7, 11) is 0. The topological polar surface area (TPSA) is 37.3 Å². The SMILES string of the molecule is CCCCC(=O)CC(O)C(F)(F)F. The molecule has 5 heteroatoms. The van der Waals surface area contributed by atoms with E-state index in [2.05, 4.69) is 0 Å². The molecule has 0 heterocycles. The fraction of sp³-hybridized carbons (Fsp3) is 0.875. The maximum absolute atomic E-state index is 11.7. The molecule has 0 radical (unpaired) electrons. The molecule has 0 amide bonds. The number of carbonyl (C=O) groups excluding carboxylic acids is 1.